The molecule has 0 spiro atoms. The number of halogens is 1. The molecule has 24 heavy (non-hydrogen) atoms. The van der Waals surface area contributed by atoms with Crippen LogP contribution in [0.25, 0.3) is 0 Å². The van der Waals surface area contributed by atoms with Crippen LogP contribution in [0.15, 0.2) is 42.5 Å². The predicted octanol–water partition coefficient (Wildman–Crippen LogP) is 3.42. The number of anilines is 1. The third-order valence-corrected chi connectivity index (χ3v) is 4.85. The molecule has 0 atom stereocenters. The van der Waals surface area contributed by atoms with E-state index in [0.717, 1.165) is 49.9 Å². The monoisotopic (exact) mass is 346 g/mol. The summed E-state index contributed by atoms with van der Waals surface area (Å²) in [6.45, 7) is 5.04. The molecule has 1 N–H and O–H groups in total. The van der Waals surface area contributed by atoms with Gasteiger partial charge in [-0.2, -0.15) is 0 Å². The van der Waals surface area contributed by atoms with Crippen LogP contribution in [0.4, 0.5) is 5.69 Å². The number of hydrogen-bond donors (Lipinski definition) is 1. The van der Waals surface area contributed by atoms with Crippen molar-refractivity contribution in [2.45, 2.75) is 6.42 Å². The number of ether oxygens (including phenoxy) is 1. The Morgan fingerprint density at radius 3 is 2.54 bits per heavy atom. The van der Waals surface area contributed by atoms with Crippen molar-refractivity contribution in [3.63, 3.8) is 0 Å². The van der Waals surface area contributed by atoms with Crippen LogP contribution in [-0.4, -0.2) is 49.8 Å². The number of phenolic OH excluding ortho intramolecular Hbond substituents is 1. The van der Waals surface area contributed by atoms with E-state index in [4.69, 9.17) is 16.3 Å². The zero-order chi connectivity index (χ0) is 16.9. The van der Waals surface area contributed by atoms with Crippen LogP contribution in [0.2, 0.25) is 5.02 Å². The maximum absolute atomic E-state index is 9.66. The second kappa shape index (κ2) is 7.77. The average Bonchev–Trinajstić information content (AvgIpc) is 2.62. The first kappa shape index (κ1) is 16.9. The number of nitrogens with zero attached hydrogens (tertiary/aromatic N) is 2. The molecule has 2 aromatic carbocycles. The molecule has 0 unspecified atom stereocenters. The van der Waals surface area contributed by atoms with E-state index in [2.05, 4.69) is 15.9 Å². The van der Waals surface area contributed by atoms with E-state index in [9.17, 15) is 5.11 Å². The Morgan fingerprint density at radius 2 is 1.83 bits per heavy atom. The second-order valence-electron chi connectivity index (χ2n) is 6.04. The van der Waals surface area contributed by atoms with Gasteiger partial charge in [0.1, 0.15) is 0 Å². The lowest BCUT2D eigenvalue weighted by atomic mass is 10.1. The number of piperazine rings is 1. The SMILES string of the molecule is COc1cc(CCN2CCN(c3ccccc3Cl)CC2)ccc1O. The molecule has 5 heteroatoms. The van der Waals surface area contributed by atoms with Gasteiger partial charge in [0.2, 0.25) is 0 Å². The molecule has 1 heterocycles. The quantitative estimate of drug-likeness (QED) is 0.900. The van der Waals surface area contributed by atoms with Crippen LogP contribution in [0.1, 0.15) is 5.56 Å². The van der Waals surface area contributed by atoms with E-state index >= 15 is 0 Å². The smallest absolute Gasteiger partial charge is 0.160 e. The Bertz CT molecular complexity index is 685. The molecule has 1 aliphatic heterocycles. The van der Waals surface area contributed by atoms with Gasteiger partial charge in [-0.1, -0.05) is 29.8 Å². The van der Waals surface area contributed by atoms with E-state index in [1.807, 2.05) is 30.3 Å². The van der Waals surface area contributed by atoms with Gasteiger partial charge in [0.05, 0.1) is 17.8 Å². The predicted molar refractivity (Wildman–Crippen MR) is 98.5 cm³/mol. The van der Waals surface area contributed by atoms with Gasteiger partial charge in [-0.05, 0) is 36.2 Å². The molecule has 0 aliphatic carbocycles. The number of para-hydroxylation sites is 1. The van der Waals surface area contributed by atoms with Crippen molar-refractivity contribution in [1.82, 2.24) is 4.90 Å². The van der Waals surface area contributed by atoms with Crippen molar-refractivity contribution in [3.05, 3.63) is 53.1 Å². The Labute approximate surface area is 148 Å². The molecule has 128 valence electrons. The number of aromatic hydroxyl groups is 1. The first-order valence-electron chi connectivity index (χ1n) is 8.25. The number of phenols is 1. The summed E-state index contributed by atoms with van der Waals surface area (Å²) in [4.78, 5) is 4.81. The van der Waals surface area contributed by atoms with E-state index in [1.54, 1.807) is 13.2 Å². The molecule has 4 nitrogen and oxygen atoms in total. The average molecular weight is 347 g/mol. The summed E-state index contributed by atoms with van der Waals surface area (Å²) in [5.41, 5.74) is 2.31. The summed E-state index contributed by atoms with van der Waals surface area (Å²) < 4.78 is 5.17. The highest BCUT2D eigenvalue weighted by Gasteiger charge is 2.18. The third-order valence-electron chi connectivity index (χ3n) is 4.53. The van der Waals surface area contributed by atoms with Gasteiger partial charge in [0, 0.05) is 32.7 Å². The number of benzene rings is 2. The molecule has 1 saturated heterocycles. The maximum atomic E-state index is 9.66. The van der Waals surface area contributed by atoms with Crippen molar-refractivity contribution in [2.75, 3.05) is 44.7 Å². The lowest BCUT2D eigenvalue weighted by molar-refractivity contribution is 0.261. The molecule has 0 radical (unpaired) electrons. The van der Waals surface area contributed by atoms with E-state index < -0.39 is 0 Å². The molecular weight excluding hydrogens is 324 g/mol. The lowest BCUT2D eigenvalue weighted by Gasteiger charge is -2.36. The Balaban J connectivity index is 1.52. The highest BCUT2D eigenvalue weighted by Crippen LogP contribution is 2.27. The van der Waals surface area contributed by atoms with Crippen molar-refractivity contribution in [3.8, 4) is 11.5 Å². The van der Waals surface area contributed by atoms with Crippen LogP contribution in [-0.2, 0) is 6.42 Å². The van der Waals surface area contributed by atoms with Gasteiger partial charge in [-0.25, -0.2) is 0 Å². The second-order valence-corrected chi connectivity index (χ2v) is 6.44. The fraction of sp³-hybridized carbons (Fsp3) is 0.368. The van der Waals surface area contributed by atoms with Gasteiger partial charge >= 0.3 is 0 Å². The molecule has 0 bridgehead atoms. The lowest BCUT2D eigenvalue weighted by Crippen LogP contribution is -2.47. The van der Waals surface area contributed by atoms with Gasteiger partial charge in [-0.15, -0.1) is 0 Å². The van der Waals surface area contributed by atoms with Gasteiger partial charge in [-0.3, -0.25) is 4.90 Å². The van der Waals surface area contributed by atoms with Crippen molar-refractivity contribution in [1.29, 1.82) is 0 Å². The third kappa shape index (κ3) is 3.94. The summed E-state index contributed by atoms with van der Waals surface area (Å²) in [5.74, 6) is 0.727. The number of rotatable bonds is 5. The Morgan fingerprint density at radius 1 is 1.08 bits per heavy atom. The summed E-state index contributed by atoms with van der Waals surface area (Å²) in [7, 11) is 1.58. The molecule has 1 fully saturated rings. The van der Waals surface area contributed by atoms with Crippen LogP contribution >= 0.6 is 11.6 Å². The van der Waals surface area contributed by atoms with Crippen LogP contribution in [0.5, 0.6) is 11.5 Å². The summed E-state index contributed by atoms with van der Waals surface area (Å²) in [6.07, 6.45) is 0.947. The van der Waals surface area contributed by atoms with Crippen LogP contribution in [0, 0.1) is 0 Å². The molecule has 0 aromatic heterocycles. The molecule has 1 aliphatic rings. The topological polar surface area (TPSA) is 35.9 Å². The van der Waals surface area contributed by atoms with E-state index in [0.29, 0.717) is 5.75 Å². The Hall–Kier alpha value is -1.91. The molecule has 3 rings (SSSR count). The fourth-order valence-electron chi connectivity index (χ4n) is 3.09. The van der Waals surface area contributed by atoms with Gasteiger partial charge < -0.3 is 14.7 Å². The zero-order valence-corrected chi connectivity index (χ0v) is 14.7. The molecule has 2 aromatic rings. The highest BCUT2D eigenvalue weighted by atomic mass is 35.5. The molecule has 0 amide bonds. The minimum Gasteiger partial charge on any atom is -0.504 e. The maximum Gasteiger partial charge on any atom is 0.160 e. The zero-order valence-electron chi connectivity index (χ0n) is 13.9. The minimum atomic E-state index is 0.189. The summed E-state index contributed by atoms with van der Waals surface area (Å²) >= 11 is 6.29. The molecule has 0 saturated carbocycles. The first-order valence-corrected chi connectivity index (χ1v) is 8.63. The van der Waals surface area contributed by atoms with Gasteiger partial charge in [0.15, 0.2) is 11.5 Å². The van der Waals surface area contributed by atoms with E-state index in [1.165, 1.54) is 5.56 Å². The fourth-order valence-corrected chi connectivity index (χ4v) is 3.34. The summed E-state index contributed by atoms with van der Waals surface area (Å²) in [5, 5.41) is 10.5. The first-order chi connectivity index (χ1) is 11.7. The molecular formula is C19H23ClN2O2. The number of hydrogen-bond acceptors (Lipinski definition) is 4. The van der Waals surface area contributed by atoms with Crippen molar-refractivity contribution >= 4 is 17.3 Å². The standard InChI is InChI=1S/C19H23ClN2O2/c1-24-19-14-15(6-7-18(19)23)8-9-21-10-12-22(13-11-21)17-5-3-2-4-16(17)20/h2-7,14,23H,8-13H2,1H3. The van der Waals surface area contributed by atoms with Gasteiger partial charge in [0.25, 0.3) is 0 Å². The largest absolute Gasteiger partial charge is 0.504 e. The highest BCUT2D eigenvalue weighted by molar-refractivity contribution is 6.33. The van der Waals surface area contributed by atoms with Crippen molar-refractivity contribution in [2.24, 2.45) is 0 Å². The van der Waals surface area contributed by atoms with E-state index in [-0.39, 0.29) is 5.75 Å². The number of methoxy groups -OCH3 is 1. The Kier molecular flexibility index (Phi) is 5.48. The normalized spacial score (nSPS) is 15.5. The van der Waals surface area contributed by atoms with Crippen LogP contribution < -0.4 is 9.64 Å². The minimum absolute atomic E-state index is 0.189. The van der Waals surface area contributed by atoms with Crippen molar-refractivity contribution < 1.29 is 9.84 Å². The summed E-state index contributed by atoms with van der Waals surface area (Å²) in [6, 6.07) is 13.6. The van der Waals surface area contributed by atoms with Crippen LogP contribution in [0.3, 0.4) is 0 Å².